The molecule has 86 valence electrons. The fraction of sp³-hybridized carbons (Fsp3) is 1.00. The number of hydrogen-bond donors (Lipinski definition) is 0. The molecule has 1 nitrogen and oxygen atoms in total. The zero-order valence-corrected chi connectivity index (χ0v) is 10.2. The first-order valence-corrected chi connectivity index (χ1v) is 6.40. The highest BCUT2D eigenvalue weighted by atomic mass is 16.5. The van der Waals surface area contributed by atoms with E-state index in [-0.39, 0.29) is 0 Å². The van der Waals surface area contributed by atoms with Crippen molar-refractivity contribution in [2.45, 2.75) is 71.1 Å². The molecule has 0 saturated carbocycles. The van der Waals surface area contributed by atoms with Crippen LogP contribution >= 0.6 is 0 Å². The molecule has 0 bridgehead atoms. The molecule has 1 heteroatoms. The Balaban J connectivity index is 2.78. The van der Waals surface area contributed by atoms with Gasteiger partial charge in [-0.25, -0.2) is 0 Å². The van der Waals surface area contributed by atoms with E-state index < -0.39 is 0 Å². The molecule has 0 radical (unpaired) electrons. The van der Waals surface area contributed by atoms with Gasteiger partial charge in [0.25, 0.3) is 0 Å². The first-order chi connectivity index (χ1) is 6.91. The van der Waals surface area contributed by atoms with E-state index in [1.165, 1.54) is 64.2 Å². The largest absolute Gasteiger partial charge is 0.385 e. The lowest BCUT2D eigenvalue weighted by atomic mass is 10.1. The summed E-state index contributed by atoms with van der Waals surface area (Å²) in [5, 5.41) is 0. The van der Waals surface area contributed by atoms with Gasteiger partial charge in [0, 0.05) is 13.7 Å². The van der Waals surface area contributed by atoms with Crippen molar-refractivity contribution < 1.29 is 4.74 Å². The Bertz CT molecular complexity index is 79.2. The van der Waals surface area contributed by atoms with Crippen molar-refractivity contribution in [1.29, 1.82) is 0 Å². The first kappa shape index (κ1) is 14.0. The van der Waals surface area contributed by atoms with Gasteiger partial charge in [-0.1, -0.05) is 64.7 Å². The summed E-state index contributed by atoms with van der Waals surface area (Å²) in [6, 6.07) is 0. The van der Waals surface area contributed by atoms with Crippen LogP contribution in [-0.2, 0) is 4.74 Å². The predicted molar refractivity (Wildman–Crippen MR) is 63.7 cm³/mol. The van der Waals surface area contributed by atoms with Crippen molar-refractivity contribution >= 4 is 0 Å². The van der Waals surface area contributed by atoms with Gasteiger partial charge in [0.15, 0.2) is 0 Å². The number of unbranched alkanes of at least 4 members (excludes halogenated alkanes) is 9. The van der Waals surface area contributed by atoms with Crippen LogP contribution in [-0.4, -0.2) is 13.7 Å². The van der Waals surface area contributed by atoms with Crippen molar-refractivity contribution in [2.75, 3.05) is 13.7 Å². The number of ether oxygens (including phenoxy) is 1. The van der Waals surface area contributed by atoms with Gasteiger partial charge < -0.3 is 4.74 Å². The van der Waals surface area contributed by atoms with Crippen molar-refractivity contribution in [3.63, 3.8) is 0 Å². The number of rotatable bonds is 11. The zero-order valence-electron chi connectivity index (χ0n) is 10.2. The van der Waals surface area contributed by atoms with Crippen LogP contribution in [0.2, 0.25) is 0 Å². The molecule has 0 heterocycles. The number of hydrogen-bond acceptors (Lipinski definition) is 1. The van der Waals surface area contributed by atoms with Crippen LogP contribution < -0.4 is 0 Å². The molecule has 0 fully saturated rings. The first-order valence-electron chi connectivity index (χ1n) is 6.40. The van der Waals surface area contributed by atoms with Crippen molar-refractivity contribution in [1.82, 2.24) is 0 Å². The molecule has 0 aliphatic rings. The van der Waals surface area contributed by atoms with E-state index >= 15 is 0 Å². The predicted octanol–water partition coefficient (Wildman–Crippen LogP) is 4.55. The van der Waals surface area contributed by atoms with Gasteiger partial charge in [-0.15, -0.1) is 0 Å². The molecule has 0 aromatic rings. The third-order valence-corrected chi connectivity index (χ3v) is 2.70. The van der Waals surface area contributed by atoms with E-state index in [0.717, 1.165) is 6.61 Å². The molecule has 0 aliphatic carbocycles. The Morgan fingerprint density at radius 3 is 1.50 bits per heavy atom. The second-order valence-electron chi connectivity index (χ2n) is 4.17. The Kier molecular flexibility index (Phi) is 12.9. The summed E-state index contributed by atoms with van der Waals surface area (Å²) in [5.41, 5.74) is 0. The highest BCUT2D eigenvalue weighted by Crippen LogP contribution is 2.10. The van der Waals surface area contributed by atoms with Gasteiger partial charge in [0.05, 0.1) is 0 Å². The fourth-order valence-corrected chi connectivity index (χ4v) is 1.73. The van der Waals surface area contributed by atoms with Crippen molar-refractivity contribution in [3.8, 4) is 0 Å². The second kappa shape index (κ2) is 13.0. The Hall–Kier alpha value is -0.0400. The van der Waals surface area contributed by atoms with Crippen LogP contribution in [0, 0.1) is 0 Å². The van der Waals surface area contributed by atoms with E-state index in [0.29, 0.717) is 0 Å². The molecule has 0 spiro atoms. The molecular formula is C13H28O. The minimum absolute atomic E-state index is 0.941. The van der Waals surface area contributed by atoms with Gasteiger partial charge in [0.1, 0.15) is 0 Å². The van der Waals surface area contributed by atoms with Crippen LogP contribution in [0.5, 0.6) is 0 Å². The average Bonchev–Trinajstić information content (AvgIpc) is 2.21. The molecule has 0 aliphatic heterocycles. The van der Waals surface area contributed by atoms with Gasteiger partial charge >= 0.3 is 0 Å². The quantitative estimate of drug-likeness (QED) is 0.444. The van der Waals surface area contributed by atoms with Crippen LogP contribution in [0.25, 0.3) is 0 Å². The van der Waals surface area contributed by atoms with Gasteiger partial charge in [-0.2, -0.15) is 0 Å². The maximum absolute atomic E-state index is 5.01. The van der Waals surface area contributed by atoms with E-state index in [2.05, 4.69) is 6.92 Å². The zero-order chi connectivity index (χ0) is 10.5. The molecule has 0 aromatic carbocycles. The topological polar surface area (TPSA) is 9.23 Å². The van der Waals surface area contributed by atoms with Crippen LogP contribution in [0.4, 0.5) is 0 Å². The van der Waals surface area contributed by atoms with Crippen LogP contribution in [0.15, 0.2) is 0 Å². The van der Waals surface area contributed by atoms with Gasteiger partial charge in [-0.05, 0) is 6.42 Å². The minimum Gasteiger partial charge on any atom is -0.385 e. The summed E-state index contributed by atoms with van der Waals surface area (Å²) in [6.45, 7) is 3.21. The van der Waals surface area contributed by atoms with Crippen molar-refractivity contribution in [2.24, 2.45) is 0 Å². The van der Waals surface area contributed by atoms with Gasteiger partial charge in [0.2, 0.25) is 0 Å². The molecule has 0 saturated heterocycles. The molecule has 14 heavy (non-hydrogen) atoms. The second-order valence-corrected chi connectivity index (χ2v) is 4.17. The summed E-state index contributed by atoms with van der Waals surface area (Å²) in [4.78, 5) is 0. The third kappa shape index (κ3) is 12.0. The molecule has 0 unspecified atom stereocenters. The summed E-state index contributed by atoms with van der Waals surface area (Å²) >= 11 is 0. The maximum Gasteiger partial charge on any atom is 0.0462 e. The molecular weight excluding hydrogens is 172 g/mol. The molecule has 0 rings (SSSR count). The summed E-state index contributed by atoms with van der Waals surface area (Å²) < 4.78 is 5.01. The van der Waals surface area contributed by atoms with Crippen LogP contribution in [0.1, 0.15) is 71.1 Å². The monoisotopic (exact) mass is 200 g/mol. The van der Waals surface area contributed by atoms with Crippen molar-refractivity contribution in [3.05, 3.63) is 0 Å². The summed E-state index contributed by atoms with van der Waals surface area (Å²) in [7, 11) is 1.79. The highest BCUT2D eigenvalue weighted by Gasteiger charge is 1.91. The van der Waals surface area contributed by atoms with E-state index in [1.54, 1.807) is 7.11 Å². The smallest absolute Gasteiger partial charge is 0.0462 e. The van der Waals surface area contributed by atoms with E-state index in [1.807, 2.05) is 0 Å². The maximum atomic E-state index is 5.01. The fourth-order valence-electron chi connectivity index (χ4n) is 1.73. The standard InChI is InChI=1S/C13H28O/c1-3-4-5-6-7-8-9-10-11-12-13-14-2/h3-13H2,1-2H3. The average molecular weight is 200 g/mol. The summed E-state index contributed by atoms with van der Waals surface area (Å²) in [5.74, 6) is 0. The molecule has 0 N–H and O–H groups in total. The normalized spacial score (nSPS) is 10.7. The Morgan fingerprint density at radius 1 is 0.643 bits per heavy atom. The summed E-state index contributed by atoms with van der Waals surface area (Å²) in [6.07, 6.45) is 14.0. The van der Waals surface area contributed by atoms with Gasteiger partial charge in [-0.3, -0.25) is 0 Å². The molecule has 0 aromatic heterocycles. The third-order valence-electron chi connectivity index (χ3n) is 2.70. The lowest BCUT2D eigenvalue weighted by Gasteiger charge is -2.01. The van der Waals surface area contributed by atoms with E-state index in [4.69, 9.17) is 4.74 Å². The number of methoxy groups -OCH3 is 1. The molecule has 0 atom stereocenters. The Morgan fingerprint density at radius 2 is 1.07 bits per heavy atom. The lowest BCUT2D eigenvalue weighted by molar-refractivity contribution is 0.192. The minimum atomic E-state index is 0.941. The van der Waals surface area contributed by atoms with E-state index in [9.17, 15) is 0 Å². The van der Waals surface area contributed by atoms with Crippen LogP contribution in [0.3, 0.4) is 0 Å². The lowest BCUT2D eigenvalue weighted by Crippen LogP contribution is -1.88. The SMILES string of the molecule is CCCCCCCCCCCCOC. The highest BCUT2D eigenvalue weighted by molar-refractivity contribution is 4.46. The Labute approximate surface area is 90.2 Å². The molecule has 0 amide bonds.